The Morgan fingerprint density at radius 2 is 2.22 bits per heavy atom. The van der Waals surface area contributed by atoms with Gasteiger partial charge in [-0.15, -0.1) is 0 Å². The van der Waals surface area contributed by atoms with Gasteiger partial charge in [-0.1, -0.05) is 13.8 Å². The van der Waals surface area contributed by atoms with Crippen molar-refractivity contribution in [2.75, 3.05) is 12.4 Å². The third-order valence-electron chi connectivity index (χ3n) is 2.59. The molecule has 1 aromatic heterocycles. The highest BCUT2D eigenvalue weighted by Gasteiger charge is 2.15. The molecule has 1 heterocycles. The summed E-state index contributed by atoms with van der Waals surface area (Å²) in [5, 5.41) is 9.16. The summed E-state index contributed by atoms with van der Waals surface area (Å²) >= 11 is 0. The fraction of sp³-hybridized carbons (Fsp3) is 0.727. The highest BCUT2D eigenvalue weighted by atomic mass is 32.2. The first-order chi connectivity index (χ1) is 8.44. The molecule has 1 unspecified atom stereocenters. The van der Waals surface area contributed by atoms with Gasteiger partial charge in [0.2, 0.25) is 10.0 Å². The average Bonchev–Trinajstić information content (AvgIpc) is 2.71. The van der Waals surface area contributed by atoms with Gasteiger partial charge in [-0.3, -0.25) is 4.68 Å². The fourth-order valence-corrected chi connectivity index (χ4v) is 2.59. The van der Waals surface area contributed by atoms with Gasteiger partial charge >= 0.3 is 0 Å². The van der Waals surface area contributed by atoms with Crippen molar-refractivity contribution in [3.8, 4) is 5.75 Å². The van der Waals surface area contributed by atoms with E-state index in [1.807, 2.05) is 13.1 Å². The van der Waals surface area contributed by atoms with Crippen molar-refractivity contribution in [3.63, 3.8) is 0 Å². The Kier molecular flexibility index (Phi) is 5.61. The molecule has 104 valence electrons. The van der Waals surface area contributed by atoms with E-state index in [9.17, 15) is 8.42 Å². The maximum Gasteiger partial charge on any atom is 0.209 e. The molecule has 0 bridgehead atoms. The Hall–Kier alpha value is -1.08. The van der Waals surface area contributed by atoms with Crippen molar-refractivity contribution in [3.05, 3.63) is 12.4 Å². The van der Waals surface area contributed by atoms with Crippen LogP contribution in [0.25, 0.3) is 0 Å². The first-order valence-corrected chi connectivity index (χ1v) is 7.81. The van der Waals surface area contributed by atoms with Crippen LogP contribution in [0.2, 0.25) is 0 Å². The molecule has 0 aliphatic rings. The van der Waals surface area contributed by atoms with Crippen LogP contribution in [-0.4, -0.2) is 30.6 Å². The summed E-state index contributed by atoms with van der Waals surface area (Å²) in [5.41, 5.74) is 0. The molecule has 1 rings (SSSR count). The van der Waals surface area contributed by atoms with Gasteiger partial charge in [0.05, 0.1) is 24.8 Å². The van der Waals surface area contributed by atoms with Crippen molar-refractivity contribution >= 4 is 10.0 Å². The number of primary sulfonamides is 1. The molecule has 0 fully saturated rings. The maximum atomic E-state index is 11.0. The van der Waals surface area contributed by atoms with E-state index >= 15 is 0 Å². The molecule has 0 aliphatic carbocycles. The Balaban J connectivity index is 2.46. The van der Waals surface area contributed by atoms with Crippen molar-refractivity contribution in [2.24, 2.45) is 11.1 Å². The number of rotatable bonds is 8. The standard InChI is InChI=1S/C11H21N3O3S/c1-3-5-14-7-11(6-13-14)17-8-10(4-2)9-18(12,15)16/h6-7,10H,3-5,8-9H2,1-2H3,(H2,12,15,16). The summed E-state index contributed by atoms with van der Waals surface area (Å²) in [7, 11) is -3.44. The quantitative estimate of drug-likeness (QED) is 0.766. The minimum Gasteiger partial charge on any atom is -0.490 e. The zero-order valence-corrected chi connectivity index (χ0v) is 11.7. The van der Waals surface area contributed by atoms with Crippen LogP contribution in [0.5, 0.6) is 5.75 Å². The molecule has 1 aromatic rings. The maximum absolute atomic E-state index is 11.0. The molecule has 0 aromatic carbocycles. The molecule has 0 aliphatic heterocycles. The molecule has 18 heavy (non-hydrogen) atoms. The number of nitrogens with two attached hydrogens (primary N) is 1. The smallest absolute Gasteiger partial charge is 0.209 e. The third-order valence-corrected chi connectivity index (χ3v) is 3.53. The number of hydrogen-bond acceptors (Lipinski definition) is 4. The molecule has 0 spiro atoms. The SMILES string of the molecule is CCCn1cc(OCC(CC)CS(N)(=O)=O)cn1. The lowest BCUT2D eigenvalue weighted by Crippen LogP contribution is -2.26. The summed E-state index contributed by atoms with van der Waals surface area (Å²) in [5.74, 6) is 0.526. The van der Waals surface area contributed by atoms with Gasteiger partial charge in [0.15, 0.2) is 5.75 Å². The molecule has 6 nitrogen and oxygen atoms in total. The number of aryl methyl sites for hydroxylation is 1. The van der Waals surface area contributed by atoms with E-state index in [4.69, 9.17) is 9.88 Å². The summed E-state index contributed by atoms with van der Waals surface area (Å²) in [4.78, 5) is 0. The van der Waals surface area contributed by atoms with E-state index < -0.39 is 10.0 Å². The topological polar surface area (TPSA) is 87.2 Å². The number of nitrogens with zero attached hydrogens (tertiary/aromatic N) is 2. The van der Waals surface area contributed by atoms with Crippen LogP contribution >= 0.6 is 0 Å². The zero-order valence-electron chi connectivity index (χ0n) is 10.9. The van der Waals surface area contributed by atoms with Gasteiger partial charge < -0.3 is 4.74 Å². The molecular weight excluding hydrogens is 254 g/mol. The summed E-state index contributed by atoms with van der Waals surface area (Å²) in [6.07, 6.45) is 5.16. The van der Waals surface area contributed by atoms with Gasteiger partial charge in [0.1, 0.15) is 0 Å². The zero-order chi connectivity index (χ0) is 13.6. The monoisotopic (exact) mass is 275 g/mol. The highest BCUT2D eigenvalue weighted by molar-refractivity contribution is 7.89. The van der Waals surface area contributed by atoms with Crippen molar-refractivity contribution in [1.29, 1.82) is 0 Å². The normalized spacial score (nSPS) is 13.5. The van der Waals surface area contributed by atoms with Gasteiger partial charge in [-0.25, -0.2) is 13.6 Å². The summed E-state index contributed by atoms with van der Waals surface area (Å²) in [6.45, 7) is 5.17. The van der Waals surface area contributed by atoms with Gasteiger partial charge in [0, 0.05) is 12.5 Å². The van der Waals surface area contributed by atoms with E-state index in [0.29, 0.717) is 18.8 Å². The van der Waals surface area contributed by atoms with Crippen molar-refractivity contribution in [2.45, 2.75) is 33.2 Å². The van der Waals surface area contributed by atoms with Gasteiger partial charge in [-0.2, -0.15) is 5.10 Å². The number of sulfonamides is 1. The molecule has 1 atom stereocenters. The average molecular weight is 275 g/mol. The molecule has 0 saturated carbocycles. The molecule has 2 N–H and O–H groups in total. The Bertz CT molecular complexity index is 456. The Morgan fingerprint density at radius 3 is 2.78 bits per heavy atom. The summed E-state index contributed by atoms with van der Waals surface area (Å²) < 4.78 is 29.3. The van der Waals surface area contributed by atoms with Crippen molar-refractivity contribution < 1.29 is 13.2 Å². The minimum atomic E-state index is -3.44. The van der Waals surface area contributed by atoms with Crippen LogP contribution in [0.4, 0.5) is 0 Å². The second kappa shape index (κ2) is 6.75. The predicted octanol–water partition coefficient (Wildman–Crippen LogP) is 0.987. The number of aromatic nitrogens is 2. The first kappa shape index (κ1) is 15.0. The van der Waals surface area contributed by atoms with E-state index in [1.165, 1.54) is 0 Å². The molecule has 7 heteroatoms. The predicted molar refractivity (Wildman–Crippen MR) is 69.8 cm³/mol. The van der Waals surface area contributed by atoms with E-state index in [-0.39, 0.29) is 11.7 Å². The van der Waals surface area contributed by atoms with E-state index in [1.54, 1.807) is 10.9 Å². The lowest BCUT2D eigenvalue weighted by atomic mass is 10.1. The van der Waals surface area contributed by atoms with Crippen LogP contribution < -0.4 is 9.88 Å². The largest absolute Gasteiger partial charge is 0.490 e. The molecule has 0 amide bonds. The van der Waals surface area contributed by atoms with Crippen LogP contribution in [0.3, 0.4) is 0 Å². The summed E-state index contributed by atoms with van der Waals surface area (Å²) in [6, 6.07) is 0. The second-order valence-electron chi connectivity index (χ2n) is 4.35. The first-order valence-electron chi connectivity index (χ1n) is 6.10. The van der Waals surface area contributed by atoms with Crippen LogP contribution in [0.15, 0.2) is 12.4 Å². The highest BCUT2D eigenvalue weighted by Crippen LogP contribution is 2.12. The Morgan fingerprint density at radius 1 is 1.50 bits per heavy atom. The minimum absolute atomic E-state index is 0.0490. The van der Waals surface area contributed by atoms with E-state index in [0.717, 1.165) is 13.0 Å². The van der Waals surface area contributed by atoms with Gasteiger partial charge in [-0.05, 0) is 12.8 Å². The fourth-order valence-electron chi connectivity index (χ4n) is 1.60. The number of ether oxygens (including phenoxy) is 1. The van der Waals surface area contributed by atoms with Crippen LogP contribution in [-0.2, 0) is 16.6 Å². The molecular formula is C11H21N3O3S. The lowest BCUT2D eigenvalue weighted by Gasteiger charge is -2.13. The van der Waals surface area contributed by atoms with E-state index in [2.05, 4.69) is 12.0 Å². The molecule has 0 radical (unpaired) electrons. The Labute approximate surface area is 108 Å². The second-order valence-corrected chi connectivity index (χ2v) is 6.01. The third kappa shape index (κ3) is 5.50. The number of hydrogen-bond donors (Lipinski definition) is 1. The molecule has 0 saturated heterocycles. The van der Waals surface area contributed by atoms with Crippen LogP contribution in [0, 0.1) is 5.92 Å². The van der Waals surface area contributed by atoms with Crippen molar-refractivity contribution in [1.82, 2.24) is 9.78 Å². The van der Waals surface area contributed by atoms with Gasteiger partial charge in [0.25, 0.3) is 0 Å². The van der Waals surface area contributed by atoms with Crippen LogP contribution in [0.1, 0.15) is 26.7 Å². The lowest BCUT2D eigenvalue weighted by molar-refractivity contribution is 0.257.